The molecule has 2 rings (SSSR count). The summed E-state index contributed by atoms with van der Waals surface area (Å²) in [5.74, 6) is -1.03. The average Bonchev–Trinajstić information content (AvgIpc) is 3.22. The molecule has 40 heavy (non-hydrogen) atoms. The Bertz CT molecular complexity index is 952. The molecule has 2 fully saturated rings. The molecule has 7 nitrogen and oxygen atoms in total. The highest BCUT2D eigenvalue weighted by Crippen LogP contribution is 2.68. The van der Waals surface area contributed by atoms with Gasteiger partial charge in [0.15, 0.2) is 0 Å². The van der Waals surface area contributed by atoms with Crippen LogP contribution in [0, 0.1) is 44.8 Å². The minimum atomic E-state index is -0.994. The SMILES string of the molecule is CCCOC(=O)C(C)(CC)CC(C)(CC(CC(C)(C)C(=O)OC)C(=O)OCC1CC2CCC1(C)C2(C)C)C(C)=O. The number of rotatable bonds is 15. The van der Waals surface area contributed by atoms with Gasteiger partial charge in [0.25, 0.3) is 0 Å². The summed E-state index contributed by atoms with van der Waals surface area (Å²) < 4.78 is 16.6. The Kier molecular flexibility index (Phi) is 10.7. The molecule has 2 aliphatic carbocycles. The van der Waals surface area contributed by atoms with E-state index in [2.05, 4.69) is 20.8 Å². The van der Waals surface area contributed by atoms with E-state index in [0.29, 0.717) is 32.0 Å². The van der Waals surface area contributed by atoms with Gasteiger partial charge in [-0.05, 0) is 102 Å². The molecule has 7 heteroatoms. The van der Waals surface area contributed by atoms with Crippen molar-refractivity contribution in [1.29, 1.82) is 0 Å². The van der Waals surface area contributed by atoms with Gasteiger partial charge in [-0.25, -0.2) is 0 Å². The third kappa shape index (κ3) is 6.75. The van der Waals surface area contributed by atoms with Crippen molar-refractivity contribution in [2.24, 2.45) is 44.8 Å². The minimum absolute atomic E-state index is 0.105. The van der Waals surface area contributed by atoms with Crippen LogP contribution in [0.3, 0.4) is 0 Å². The zero-order valence-corrected chi connectivity index (χ0v) is 27.2. The molecule has 0 spiro atoms. The van der Waals surface area contributed by atoms with Crippen molar-refractivity contribution >= 4 is 23.7 Å². The van der Waals surface area contributed by atoms with Crippen LogP contribution in [0.2, 0.25) is 0 Å². The standard InChI is InChI=1S/C33H56O7/c1-12-16-39-28(37)31(8,13-2)21-32(9,22(3)34)19-23(18-29(4,5)27(36)38-11)26(35)40-20-25-17-24-14-15-33(25,10)30(24,6)7/h23-25H,12-21H2,1-11H3. The van der Waals surface area contributed by atoms with E-state index in [0.717, 1.165) is 12.8 Å². The molecule has 6 unspecified atom stereocenters. The fourth-order valence-corrected chi connectivity index (χ4v) is 7.59. The maximum atomic E-state index is 13.8. The van der Waals surface area contributed by atoms with Crippen LogP contribution >= 0.6 is 0 Å². The van der Waals surface area contributed by atoms with Crippen LogP contribution in [0.15, 0.2) is 0 Å². The fraction of sp³-hybridized carbons (Fsp3) is 0.879. The highest BCUT2D eigenvalue weighted by Gasteiger charge is 2.61. The first-order valence-electron chi connectivity index (χ1n) is 15.3. The van der Waals surface area contributed by atoms with E-state index in [9.17, 15) is 19.2 Å². The number of carbonyl (C=O) groups excluding carboxylic acids is 4. The molecule has 0 N–H and O–H groups in total. The Hall–Kier alpha value is -1.92. The van der Waals surface area contributed by atoms with Gasteiger partial charge in [-0.1, -0.05) is 41.5 Å². The van der Waals surface area contributed by atoms with E-state index in [-0.39, 0.29) is 53.7 Å². The maximum Gasteiger partial charge on any atom is 0.311 e. The predicted molar refractivity (Wildman–Crippen MR) is 155 cm³/mol. The number of hydrogen-bond acceptors (Lipinski definition) is 7. The summed E-state index contributed by atoms with van der Waals surface area (Å²) in [6.07, 6.45) is 5.22. The van der Waals surface area contributed by atoms with E-state index in [1.165, 1.54) is 20.5 Å². The van der Waals surface area contributed by atoms with Gasteiger partial charge in [0.1, 0.15) is 5.78 Å². The van der Waals surface area contributed by atoms with E-state index in [1.54, 1.807) is 13.8 Å². The molecule has 2 bridgehead atoms. The minimum Gasteiger partial charge on any atom is -0.469 e. The van der Waals surface area contributed by atoms with Gasteiger partial charge < -0.3 is 14.2 Å². The lowest BCUT2D eigenvalue weighted by Crippen LogP contribution is -2.42. The Balaban J connectivity index is 2.32. The van der Waals surface area contributed by atoms with Crippen molar-refractivity contribution in [1.82, 2.24) is 0 Å². The van der Waals surface area contributed by atoms with Gasteiger partial charge in [-0.15, -0.1) is 0 Å². The van der Waals surface area contributed by atoms with Gasteiger partial charge in [-0.3, -0.25) is 19.2 Å². The maximum absolute atomic E-state index is 13.8. The summed E-state index contributed by atoms with van der Waals surface area (Å²) >= 11 is 0. The molecule has 0 saturated heterocycles. The first-order valence-corrected chi connectivity index (χ1v) is 15.3. The number of fused-ring (bicyclic) bond motifs is 2. The second-order valence-electron chi connectivity index (χ2n) is 14.8. The van der Waals surface area contributed by atoms with Crippen LogP contribution in [0.4, 0.5) is 0 Å². The molecule has 2 aliphatic rings. The average molecular weight is 565 g/mol. The first-order chi connectivity index (χ1) is 18.3. The second-order valence-corrected chi connectivity index (χ2v) is 14.8. The van der Waals surface area contributed by atoms with Crippen molar-refractivity contribution in [3.05, 3.63) is 0 Å². The van der Waals surface area contributed by atoms with Crippen molar-refractivity contribution in [2.75, 3.05) is 20.3 Å². The lowest BCUT2D eigenvalue weighted by atomic mass is 9.64. The zero-order valence-electron chi connectivity index (χ0n) is 27.2. The molecule has 0 aliphatic heterocycles. The number of esters is 3. The molecule has 6 atom stereocenters. The third-order valence-electron chi connectivity index (χ3n) is 11.3. The topological polar surface area (TPSA) is 96.0 Å². The third-order valence-corrected chi connectivity index (χ3v) is 11.3. The van der Waals surface area contributed by atoms with E-state index < -0.39 is 28.1 Å². The molecule has 0 aromatic heterocycles. The van der Waals surface area contributed by atoms with Gasteiger partial charge in [0.05, 0.1) is 37.1 Å². The highest BCUT2D eigenvalue weighted by molar-refractivity contribution is 5.85. The van der Waals surface area contributed by atoms with Crippen LogP contribution in [-0.4, -0.2) is 44.0 Å². The Morgan fingerprint density at radius 1 is 0.925 bits per heavy atom. The molecule has 0 aromatic rings. The molecule has 0 amide bonds. The molecule has 0 heterocycles. The number of ether oxygens (including phenoxy) is 3. The largest absolute Gasteiger partial charge is 0.469 e. The summed E-state index contributed by atoms with van der Waals surface area (Å²) in [4.78, 5) is 52.6. The first kappa shape index (κ1) is 34.3. The van der Waals surface area contributed by atoms with Gasteiger partial charge in [0.2, 0.25) is 0 Å². The van der Waals surface area contributed by atoms with Crippen LogP contribution in [0.25, 0.3) is 0 Å². The summed E-state index contributed by atoms with van der Waals surface area (Å²) in [6.45, 7) is 20.2. The van der Waals surface area contributed by atoms with Crippen LogP contribution < -0.4 is 0 Å². The van der Waals surface area contributed by atoms with E-state index in [1.807, 2.05) is 27.7 Å². The van der Waals surface area contributed by atoms with Gasteiger partial charge >= 0.3 is 17.9 Å². The molecule has 0 radical (unpaired) electrons. The number of Topliss-reactive ketones (excluding diaryl/α,β-unsaturated/α-hetero) is 1. The van der Waals surface area contributed by atoms with Crippen LogP contribution in [0.5, 0.6) is 0 Å². The number of carbonyl (C=O) groups is 4. The summed E-state index contributed by atoms with van der Waals surface area (Å²) in [6, 6.07) is 0. The number of ketones is 1. The van der Waals surface area contributed by atoms with Crippen molar-refractivity contribution in [3.8, 4) is 0 Å². The second kappa shape index (κ2) is 12.5. The van der Waals surface area contributed by atoms with E-state index in [4.69, 9.17) is 14.2 Å². The monoisotopic (exact) mass is 564 g/mol. The van der Waals surface area contributed by atoms with Gasteiger partial charge in [0, 0.05) is 5.41 Å². The van der Waals surface area contributed by atoms with Crippen LogP contribution in [-0.2, 0) is 33.4 Å². The predicted octanol–water partition coefficient (Wildman–Crippen LogP) is 6.94. The van der Waals surface area contributed by atoms with E-state index >= 15 is 0 Å². The number of methoxy groups -OCH3 is 1. The smallest absolute Gasteiger partial charge is 0.311 e. The number of hydrogen-bond donors (Lipinski definition) is 0. The molecule has 230 valence electrons. The summed E-state index contributed by atoms with van der Waals surface area (Å²) in [5.41, 5.74) is -2.50. The molecule has 2 saturated carbocycles. The summed E-state index contributed by atoms with van der Waals surface area (Å²) in [7, 11) is 1.34. The molecule has 0 aromatic carbocycles. The van der Waals surface area contributed by atoms with Crippen molar-refractivity contribution in [2.45, 2.75) is 121 Å². The lowest BCUT2D eigenvalue weighted by Gasteiger charge is -2.40. The highest BCUT2D eigenvalue weighted by atomic mass is 16.5. The quantitative estimate of drug-likeness (QED) is 0.157. The Morgan fingerprint density at radius 2 is 1.55 bits per heavy atom. The van der Waals surface area contributed by atoms with Crippen LogP contribution in [0.1, 0.15) is 121 Å². The Morgan fingerprint density at radius 3 is 2.00 bits per heavy atom. The molecular formula is C33H56O7. The zero-order chi connectivity index (χ0) is 30.7. The Labute approximate surface area is 242 Å². The molecular weight excluding hydrogens is 508 g/mol. The fourth-order valence-electron chi connectivity index (χ4n) is 7.59. The van der Waals surface area contributed by atoms with Crippen molar-refractivity contribution < 1.29 is 33.4 Å². The lowest BCUT2D eigenvalue weighted by molar-refractivity contribution is -0.160. The summed E-state index contributed by atoms with van der Waals surface area (Å²) in [5, 5.41) is 0. The normalized spacial score (nSPS) is 27.3. The van der Waals surface area contributed by atoms with Crippen molar-refractivity contribution in [3.63, 3.8) is 0 Å². The van der Waals surface area contributed by atoms with Gasteiger partial charge in [-0.2, -0.15) is 0 Å².